The third-order valence-electron chi connectivity index (χ3n) is 3.81. The van der Waals surface area contributed by atoms with Gasteiger partial charge in [-0.1, -0.05) is 57.2 Å². The Hall–Kier alpha value is -2.26. The quantitative estimate of drug-likeness (QED) is 0.515. The zero-order chi connectivity index (χ0) is 18.4. The van der Waals surface area contributed by atoms with Gasteiger partial charge in [0.1, 0.15) is 6.61 Å². The number of carbonyl (C=O) groups excluding carboxylic acids is 1. The molecule has 0 aliphatic rings. The summed E-state index contributed by atoms with van der Waals surface area (Å²) in [5.41, 5.74) is 3.33. The minimum absolute atomic E-state index is 0.135. The van der Waals surface area contributed by atoms with E-state index in [1.54, 1.807) is 19.3 Å². The first-order valence-corrected chi connectivity index (χ1v) is 8.45. The van der Waals surface area contributed by atoms with E-state index < -0.39 is 5.24 Å². The number of ether oxygens (including phenoxy) is 2. The van der Waals surface area contributed by atoms with E-state index in [0.717, 1.165) is 11.1 Å². The normalized spacial score (nSPS) is 11.6. The van der Waals surface area contributed by atoms with Crippen molar-refractivity contribution in [1.82, 2.24) is 0 Å². The number of halogens is 1. The molecule has 3 nitrogen and oxygen atoms in total. The van der Waals surface area contributed by atoms with Crippen LogP contribution in [0.15, 0.2) is 48.5 Å². The first kappa shape index (κ1) is 19.1. The van der Waals surface area contributed by atoms with Crippen LogP contribution in [0, 0.1) is 0 Å². The average Bonchev–Trinajstić information content (AvgIpc) is 2.58. The van der Waals surface area contributed by atoms with Gasteiger partial charge in [-0.3, -0.25) is 4.79 Å². The van der Waals surface area contributed by atoms with Gasteiger partial charge in [-0.05, 0) is 51.9 Å². The molecule has 0 radical (unpaired) electrons. The van der Waals surface area contributed by atoms with E-state index in [1.807, 2.05) is 12.1 Å². The summed E-state index contributed by atoms with van der Waals surface area (Å²) < 4.78 is 11.2. The van der Waals surface area contributed by atoms with Crippen LogP contribution in [0.4, 0.5) is 0 Å². The van der Waals surface area contributed by atoms with E-state index in [0.29, 0.717) is 18.1 Å². The van der Waals surface area contributed by atoms with Crippen molar-refractivity contribution in [3.63, 3.8) is 0 Å². The van der Waals surface area contributed by atoms with Crippen LogP contribution in [0.1, 0.15) is 37.5 Å². The molecule has 25 heavy (non-hydrogen) atoms. The van der Waals surface area contributed by atoms with Gasteiger partial charge in [-0.2, -0.15) is 0 Å². The minimum atomic E-state index is -0.516. The van der Waals surface area contributed by atoms with Crippen LogP contribution in [-0.2, 0) is 16.8 Å². The monoisotopic (exact) mass is 358 g/mol. The van der Waals surface area contributed by atoms with E-state index >= 15 is 0 Å². The van der Waals surface area contributed by atoms with Gasteiger partial charge < -0.3 is 9.47 Å². The molecule has 4 heteroatoms. The molecule has 0 aromatic heterocycles. The lowest BCUT2D eigenvalue weighted by Crippen LogP contribution is -2.10. The number of rotatable bonds is 6. The molecule has 0 N–H and O–H groups in total. The summed E-state index contributed by atoms with van der Waals surface area (Å²) >= 11 is 5.31. The van der Waals surface area contributed by atoms with E-state index in [4.69, 9.17) is 21.1 Å². The highest BCUT2D eigenvalue weighted by Crippen LogP contribution is 2.29. The van der Waals surface area contributed by atoms with Crippen molar-refractivity contribution < 1.29 is 14.3 Å². The van der Waals surface area contributed by atoms with Gasteiger partial charge in [0.15, 0.2) is 11.5 Å². The fourth-order valence-corrected chi connectivity index (χ4v) is 2.39. The van der Waals surface area contributed by atoms with E-state index in [-0.39, 0.29) is 5.41 Å². The van der Waals surface area contributed by atoms with Crippen LogP contribution in [0.2, 0.25) is 0 Å². The zero-order valence-corrected chi connectivity index (χ0v) is 15.8. The summed E-state index contributed by atoms with van der Waals surface area (Å²) in [7, 11) is 1.58. The first-order valence-electron chi connectivity index (χ1n) is 8.07. The second-order valence-electron chi connectivity index (χ2n) is 6.78. The van der Waals surface area contributed by atoms with Crippen molar-refractivity contribution in [3.05, 3.63) is 65.2 Å². The molecule has 2 aromatic carbocycles. The molecule has 0 saturated carbocycles. The second-order valence-corrected chi connectivity index (χ2v) is 7.16. The SMILES string of the molecule is COc1cc(/C=C/C(=O)Cl)ccc1OCc1ccc(C(C)(C)C)cc1. The lowest BCUT2D eigenvalue weighted by atomic mass is 9.87. The molecule has 0 heterocycles. The Labute approximate surface area is 154 Å². The van der Waals surface area contributed by atoms with Crippen LogP contribution in [0.3, 0.4) is 0 Å². The van der Waals surface area contributed by atoms with Gasteiger partial charge in [0, 0.05) is 0 Å². The van der Waals surface area contributed by atoms with E-state index in [9.17, 15) is 4.79 Å². The maximum absolute atomic E-state index is 10.8. The molecule has 0 bridgehead atoms. The van der Waals surface area contributed by atoms with Gasteiger partial charge in [0.25, 0.3) is 0 Å². The molecule has 2 rings (SSSR count). The maximum atomic E-state index is 10.8. The zero-order valence-electron chi connectivity index (χ0n) is 15.0. The van der Waals surface area contributed by atoms with Crippen molar-refractivity contribution in [1.29, 1.82) is 0 Å². The van der Waals surface area contributed by atoms with Gasteiger partial charge >= 0.3 is 0 Å². The molecule has 132 valence electrons. The minimum Gasteiger partial charge on any atom is -0.493 e. The summed E-state index contributed by atoms with van der Waals surface area (Å²) in [6.45, 7) is 7.03. The molecule has 0 amide bonds. The molecular weight excluding hydrogens is 336 g/mol. The fourth-order valence-electron chi connectivity index (χ4n) is 2.33. The third-order valence-corrected chi connectivity index (χ3v) is 3.93. The van der Waals surface area contributed by atoms with E-state index in [1.165, 1.54) is 11.6 Å². The number of benzene rings is 2. The maximum Gasteiger partial charge on any atom is 0.245 e. The highest BCUT2D eigenvalue weighted by molar-refractivity contribution is 6.66. The summed E-state index contributed by atoms with van der Waals surface area (Å²) in [5.74, 6) is 1.26. The average molecular weight is 359 g/mol. The number of methoxy groups -OCH3 is 1. The van der Waals surface area contributed by atoms with Crippen LogP contribution in [-0.4, -0.2) is 12.4 Å². The topological polar surface area (TPSA) is 35.5 Å². The summed E-state index contributed by atoms with van der Waals surface area (Å²) in [4.78, 5) is 10.8. The molecule has 0 aliphatic heterocycles. The molecule has 0 fully saturated rings. The van der Waals surface area contributed by atoms with E-state index in [2.05, 4.69) is 45.0 Å². The van der Waals surface area contributed by atoms with Crippen molar-refractivity contribution >= 4 is 22.9 Å². The van der Waals surface area contributed by atoms with Crippen LogP contribution in [0.5, 0.6) is 11.5 Å². The second kappa shape index (κ2) is 8.21. The molecule has 0 atom stereocenters. The smallest absolute Gasteiger partial charge is 0.245 e. The standard InChI is InChI=1S/C21H23ClO3/c1-21(2,3)17-9-5-16(6-10-17)14-25-18-11-7-15(8-12-20(22)23)13-19(18)24-4/h5-13H,14H2,1-4H3/b12-8+. The Morgan fingerprint density at radius 2 is 1.76 bits per heavy atom. The van der Waals surface area contributed by atoms with Gasteiger partial charge in [0.05, 0.1) is 7.11 Å². The largest absolute Gasteiger partial charge is 0.493 e. The first-order chi connectivity index (χ1) is 11.8. The van der Waals surface area contributed by atoms with Crippen molar-refractivity contribution in [2.45, 2.75) is 32.8 Å². The molecule has 0 unspecified atom stereocenters. The highest BCUT2D eigenvalue weighted by atomic mass is 35.5. The summed E-state index contributed by atoms with van der Waals surface area (Å²) in [6.07, 6.45) is 2.93. The number of carbonyl (C=O) groups is 1. The molecule has 2 aromatic rings. The number of hydrogen-bond acceptors (Lipinski definition) is 3. The van der Waals surface area contributed by atoms with Crippen LogP contribution >= 0.6 is 11.6 Å². The van der Waals surface area contributed by atoms with Crippen molar-refractivity contribution in [3.8, 4) is 11.5 Å². The third kappa shape index (κ3) is 5.64. The molecule has 0 spiro atoms. The fraction of sp³-hybridized carbons (Fsp3) is 0.286. The predicted molar refractivity (Wildman–Crippen MR) is 102 cm³/mol. The Bertz CT molecular complexity index is 756. The number of allylic oxidation sites excluding steroid dienone is 1. The number of hydrogen-bond donors (Lipinski definition) is 0. The lowest BCUT2D eigenvalue weighted by Gasteiger charge is -2.19. The van der Waals surface area contributed by atoms with Gasteiger partial charge in [-0.25, -0.2) is 0 Å². The Morgan fingerprint density at radius 3 is 2.32 bits per heavy atom. The van der Waals surface area contributed by atoms with Crippen molar-refractivity contribution in [2.24, 2.45) is 0 Å². The van der Waals surface area contributed by atoms with Gasteiger partial charge in [-0.15, -0.1) is 0 Å². The highest BCUT2D eigenvalue weighted by Gasteiger charge is 2.13. The van der Waals surface area contributed by atoms with Gasteiger partial charge in [0.2, 0.25) is 5.24 Å². The molecular formula is C21H23ClO3. The molecule has 0 aliphatic carbocycles. The lowest BCUT2D eigenvalue weighted by molar-refractivity contribution is -0.107. The Morgan fingerprint density at radius 1 is 1.08 bits per heavy atom. The molecule has 0 saturated heterocycles. The summed E-state index contributed by atoms with van der Waals surface area (Å²) in [5, 5.41) is -0.516. The van der Waals surface area contributed by atoms with Crippen molar-refractivity contribution in [2.75, 3.05) is 7.11 Å². The van der Waals surface area contributed by atoms with Crippen LogP contribution < -0.4 is 9.47 Å². The Kier molecular flexibility index (Phi) is 6.27. The Balaban J connectivity index is 2.08. The summed E-state index contributed by atoms with van der Waals surface area (Å²) in [6, 6.07) is 13.9. The predicted octanol–water partition coefficient (Wildman–Crippen LogP) is 5.35. The van der Waals surface area contributed by atoms with Crippen LogP contribution in [0.25, 0.3) is 6.08 Å².